The summed E-state index contributed by atoms with van der Waals surface area (Å²) in [5, 5.41) is 9.80. The van der Waals surface area contributed by atoms with Gasteiger partial charge in [-0.2, -0.15) is 11.8 Å². The van der Waals surface area contributed by atoms with Crippen molar-refractivity contribution in [3.63, 3.8) is 0 Å². The minimum absolute atomic E-state index is 0.433. The molecule has 2 rings (SSSR count). The van der Waals surface area contributed by atoms with E-state index in [2.05, 4.69) is 11.1 Å². The van der Waals surface area contributed by atoms with Crippen LogP contribution in [0.25, 0.3) is 10.9 Å². The van der Waals surface area contributed by atoms with Crippen molar-refractivity contribution in [3.8, 4) is 0 Å². The monoisotopic (exact) mass is 276 g/mol. The van der Waals surface area contributed by atoms with Crippen LogP contribution in [-0.4, -0.2) is 33.6 Å². The molecule has 1 aromatic carbocycles. The Morgan fingerprint density at radius 1 is 1.32 bits per heavy atom. The molecule has 0 aliphatic heterocycles. The average Bonchev–Trinajstić information content (AvgIpc) is 2.43. The maximum atomic E-state index is 10.6. The fraction of sp³-hybridized carbons (Fsp3) is 0.286. The average molecular weight is 276 g/mol. The normalized spacial score (nSPS) is 12.5. The summed E-state index contributed by atoms with van der Waals surface area (Å²) in [5.74, 6) is 0.311. The zero-order chi connectivity index (χ0) is 13.7. The van der Waals surface area contributed by atoms with Gasteiger partial charge in [-0.05, 0) is 24.3 Å². The van der Waals surface area contributed by atoms with Crippen molar-refractivity contribution < 1.29 is 9.90 Å². The number of aliphatic carboxylic acids is 1. The molecule has 1 heterocycles. The van der Waals surface area contributed by atoms with Crippen LogP contribution in [0.4, 0.5) is 0 Å². The van der Waals surface area contributed by atoms with Crippen molar-refractivity contribution in [2.45, 2.75) is 12.5 Å². The van der Waals surface area contributed by atoms with Crippen molar-refractivity contribution in [2.75, 3.05) is 11.5 Å². The zero-order valence-corrected chi connectivity index (χ0v) is 11.3. The van der Waals surface area contributed by atoms with Crippen LogP contribution in [0.3, 0.4) is 0 Å². The third kappa shape index (κ3) is 3.94. The van der Waals surface area contributed by atoms with E-state index in [1.54, 1.807) is 11.8 Å². The summed E-state index contributed by atoms with van der Waals surface area (Å²) in [6.45, 7) is 0. The second-order valence-electron chi connectivity index (χ2n) is 4.26. The Kier molecular flexibility index (Phi) is 4.76. The molecule has 0 spiro atoms. The maximum absolute atomic E-state index is 10.6. The van der Waals surface area contributed by atoms with Crippen LogP contribution in [0.15, 0.2) is 36.4 Å². The van der Waals surface area contributed by atoms with Crippen LogP contribution in [0, 0.1) is 0 Å². The van der Waals surface area contributed by atoms with E-state index in [0.29, 0.717) is 5.75 Å². The highest BCUT2D eigenvalue weighted by atomic mass is 32.2. The van der Waals surface area contributed by atoms with E-state index < -0.39 is 12.0 Å². The third-order valence-corrected chi connectivity index (χ3v) is 3.86. The van der Waals surface area contributed by atoms with E-state index in [9.17, 15) is 4.79 Å². The molecule has 0 amide bonds. The number of para-hydroxylation sites is 1. The molecular formula is C14H16N2O2S. The van der Waals surface area contributed by atoms with Gasteiger partial charge in [0.15, 0.2) is 0 Å². The number of aryl methyl sites for hydroxylation is 1. The molecule has 0 radical (unpaired) electrons. The number of pyridine rings is 1. The van der Waals surface area contributed by atoms with Crippen molar-refractivity contribution >= 4 is 28.6 Å². The summed E-state index contributed by atoms with van der Waals surface area (Å²) in [6, 6.07) is 11.3. The van der Waals surface area contributed by atoms with Gasteiger partial charge >= 0.3 is 5.97 Å². The van der Waals surface area contributed by atoms with Gasteiger partial charge in [-0.1, -0.05) is 24.3 Å². The number of aromatic nitrogens is 1. The SMILES string of the molecule is N[C@H](CSCCc1ccc2ccccc2n1)C(=O)O. The Hall–Kier alpha value is -1.59. The molecule has 1 aromatic heterocycles. The lowest BCUT2D eigenvalue weighted by Gasteiger charge is -2.06. The van der Waals surface area contributed by atoms with Gasteiger partial charge in [0.1, 0.15) is 6.04 Å². The topological polar surface area (TPSA) is 76.2 Å². The van der Waals surface area contributed by atoms with E-state index in [1.165, 1.54) is 0 Å². The summed E-state index contributed by atoms with van der Waals surface area (Å²) < 4.78 is 0. The van der Waals surface area contributed by atoms with E-state index >= 15 is 0 Å². The van der Waals surface area contributed by atoms with Gasteiger partial charge in [0.25, 0.3) is 0 Å². The standard InChI is InChI=1S/C14H16N2O2S/c15-12(14(17)18)9-19-8-7-11-6-5-10-3-1-2-4-13(10)16-11/h1-6,12H,7-9,15H2,(H,17,18)/t12-/m1/s1. The van der Waals surface area contributed by atoms with E-state index in [1.807, 2.05) is 30.3 Å². The number of hydrogen-bond donors (Lipinski definition) is 2. The molecule has 1 atom stereocenters. The third-order valence-electron chi connectivity index (χ3n) is 2.77. The van der Waals surface area contributed by atoms with Gasteiger partial charge in [0.2, 0.25) is 0 Å². The number of hydrogen-bond acceptors (Lipinski definition) is 4. The van der Waals surface area contributed by atoms with Gasteiger partial charge < -0.3 is 10.8 Å². The Morgan fingerprint density at radius 2 is 2.11 bits per heavy atom. The second-order valence-corrected chi connectivity index (χ2v) is 5.41. The molecule has 0 saturated heterocycles. The molecule has 19 heavy (non-hydrogen) atoms. The number of rotatable bonds is 6. The zero-order valence-electron chi connectivity index (χ0n) is 10.5. The summed E-state index contributed by atoms with van der Waals surface area (Å²) in [5.41, 5.74) is 7.45. The number of nitrogens with two attached hydrogens (primary N) is 1. The first-order chi connectivity index (χ1) is 9.16. The van der Waals surface area contributed by atoms with Crippen molar-refractivity contribution in [1.82, 2.24) is 4.98 Å². The van der Waals surface area contributed by atoms with Crippen molar-refractivity contribution in [2.24, 2.45) is 5.73 Å². The molecule has 0 aliphatic carbocycles. The van der Waals surface area contributed by atoms with Gasteiger partial charge in [-0.3, -0.25) is 9.78 Å². The molecule has 0 unspecified atom stereocenters. The van der Waals surface area contributed by atoms with Crippen LogP contribution in [0.5, 0.6) is 0 Å². The number of nitrogens with zero attached hydrogens (tertiary/aromatic N) is 1. The number of benzene rings is 1. The maximum Gasteiger partial charge on any atom is 0.321 e. The first-order valence-electron chi connectivity index (χ1n) is 6.07. The predicted octanol–water partition coefficient (Wildman–Crippen LogP) is 1.92. The molecule has 0 saturated carbocycles. The highest BCUT2D eigenvalue weighted by molar-refractivity contribution is 7.99. The lowest BCUT2D eigenvalue weighted by atomic mass is 10.2. The fourth-order valence-electron chi connectivity index (χ4n) is 1.71. The molecule has 0 aliphatic rings. The number of carboxylic acids is 1. The second kappa shape index (κ2) is 6.54. The molecule has 5 heteroatoms. The Bertz CT molecular complexity index is 574. The van der Waals surface area contributed by atoms with Gasteiger partial charge in [-0.15, -0.1) is 0 Å². The van der Waals surface area contributed by atoms with Crippen LogP contribution in [0.1, 0.15) is 5.69 Å². The summed E-state index contributed by atoms with van der Waals surface area (Å²) in [4.78, 5) is 15.1. The first-order valence-corrected chi connectivity index (χ1v) is 7.23. The smallest absolute Gasteiger partial charge is 0.321 e. The summed E-state index contributed by atoms with van der Waals surface area (Å²) >= 11 is 1.54. The number of thioether (sulfide) groups is 1. The van der Waals surface area contributed by atoms with Gasteiger partial charge in [0.05, 0.1) is 5.52 Å². The van der Waals surface area contributed by atoms with Crippen molar-refractivity contribution in [1.29, 1.82) is 0 Å². The van der Waals surface area contributed by atoms with E-state index in [-0.39, 0.29) is 0 Å². The van der Waals surface area contributed by atoms with Gasteiger partial charge in [0, 0.05) is 16.8 Å². The van der Waals surface area contributed by atoms with Crippen LogP contribution in [0.2, 0.25) is 0 Å². The largest absolute Gasteiger partial charge is 0.480 e. The molecule has 100 valence electrons. The molecular weight excluding hydrogens is 260 g/mol. The number of carbonyl (C=O) groups is 1. The fourth-order valence-corrected chi connectivity index (χ4v) is 2.62. The molecule has 0 fully saturated rings. The highest BCUT2D eigenvalue weighted by Crippen LogP contribution is 2.13. The quantitative estimate of drug-likeness (QED) is 0.788. The van der Waals surface area contributed by atoms with Crippen LogP contribution in [-0.2, 0) is 11.2 Å². The predicted molar refractivity (Wildman–Crippen MR) is 78.4 cm³/mol. The summed E-state index contributed by atoms with van der Waals surface area (Å²) in [7, 11) is 0. The molecule has 3 N–H and O–H groups in total. The first kappa shape index (κ1) is 13.8. The lowest BCUT2D eigenvalue weighted by molar-refractivity contribution is -0.137. The van der Waals surface area contributed by atoms with Crippen LogP contribution >= 0.6 is 11.8 Å². The summed E-state index contributed by atoms with van der Waals surface area (Å²) in [6.07, 6.45) is 0.821. The molecule has 2 aromatic rings. The molecule has 0 bridgehead atoms. The highest BCUT2D eigenvalue weighted by Gasteiger charge is 2.10. The lowest BCUT2D eigenvalue weighted by Crippen LogP contribution is -2.32. The minimum atomic E-state index is -0.948. The number of fused-ring (bicyclic) bond motifs is 1. The van der Waals surface area contributed by atoms with Crippen molar-refractivity contribution in [3.05, 3.63) is 42.1 Å². The Morgan fingerprint density at radius 3 is 2.89 bits per heavy atom. The van der Waals surface area contributed by atoms with Crippen LogP contribution < -0.4 is 5.73 Å². The Labute approximate surface area is 116 Å². The van der Waals surface area contributed by atoms with E-state index in [0.717, 1.165) is 28.8 Å². The minimum Gasteiger partial charge on any atom is -0.480 e. The van der Waals surface area contributed by atoms with E-state index in [4.69, 9.17) is 10.8 Å². The number of carboxylic acid groups (broad SMARTS) is 1. The van der Waals surface area contributed by atoms with Gasteiger partial charge in [-0.25, -0.2) is 0 Å². The Balaban J connectivity index is 1.86. The molecule has 4 nitrogen and oxygen atoms in total.